The monoisotopic (exact) mass is 581 g/mol. The van der Waals surface area contributed by atoms with Crippen LogP contribution in [0.5, 0.6) is 5.75 Å². The van der Waals surface area contributed by atoms with E-state index in [1.807, 2.05) is 63.4 Å². The Morgan fingerprint density at radius 3 is 2.48 bits per heavy atom. The van der Waals surface area contributed by atoms with Crippen LogP contribution in [0.15, 0.2) is 72.9 Å². The van der Waals surface area contributed by atoms with Crippen molar-refractivity contribution in [1.29, 1.82) is 0 Å². The Bertz CT molecular complexity index is 1620. The summed E-state index contributed by atoms with van der Waals surface area (Å²) in [5.74, 6) is 0.482. The number of hydrogen-bond donors (Lipinski definition) is 2. The predicted molar refractivity (Wildman–Crippen MR) is 174 cm³/mol. The highest BCUT2D eigenvalue weighted by Crippen LogP contribution is 2.45. The first-order valence-corrected chi connectivity index (χ1v) is 14.7. The van der Waals surface area contributed by atoms with Gasteiger partial charge in [0, 0.05) is 40.4 Å². The second kappa shape index (κ2) is 11.6. The average molecular weight is 582 g/mol. The van der Waals surface area contributed by atoms with Crippen molar-refractivity contribution in [3.05, 3.63) is 101 Å². The summed E-state index contributed by atoms with van der Waals surface area (Å²) in [5.41, 5.74) is 7.79. The maximum atomic E-state index is 12.7. The number of aromatic nitrogens is 2. The third-order valence-corrected chi connectivity index (χ3v) is 8.21. The molecule has 2 aromatic carbocycles. The minimum atomic E-state index is -0.538. The molecular weight excluding hydrogens is 542 g/mol. The summed E-state index contributed by atoms with van der Waals surface area (Å²) in [6.45, 7) is 12.2. The third kappa shape index (κ3) is 5.39. The van der Waals surface area contributed by atoms with Gasteiger partial charge in [0.15, 0.2) is 5.11 Å². The molecule has 8 heteroatoms. The van der Waals surface area contributed by atoms with Gasteiger partial charge >= 0.3 is 0 Å². The molecule has 0 bridgehead atoms. The van der Waals surface area contributed by atoms with Crippen molar-refractivity contribution >= 4 is 34.6 Å². The second-order valence-electron chi connectivity index (χ2n) is 11.7. The number of aryl methyl sites for hydroxylation is 2. The van der Waals surface area contributed by atoms with E-state index in [-0.39, 0.29) is 18.0 Å². The van der Waals surface area contributed by atoms with E-state index in [9.17, 15) is 4.79 Å². The summed E-state index contributed by atoms with van der Waals surface area (Å²) in [6, 6.07) is 22.2. The Balaban J connectivity index is 1.64. The van der Waals surface area contributed by atoms with Gasteiger partial charge in [-0.15, -0.1) is 0 Å². The molecule has 3 heterocycles. The van der Waals surface area contributed by atoms with Crippen LogP contribution in [-0.4, -0.2) is 27.7 Å². The summed E-state index contributed by atoms with van der Waals surface area (Å²) in [7, 11) is 1.61. The molecule has 0 aliphatic carbocycles. The fraction of sp³-hybridized carbons (Fsp3) is 0.324. The minimum Gasteiger partial charge on any atom is -0.494 e. The van der Waals surface area contributed by atoms with Crippen LogP contribution >= 0.6 is 12.2 Å². The Kier molecular flexibility index (Phi) is 8.10. The number of anilines is 2. The van der Waals surface area contributed by atoms with Gasteiger partial charge in [0.2, 0.25) is 5.91 Å². The summed E-state index contributed by atoms with van der Waals surface area (Å²) >= 11 is 5.99. The van der Waals surface area contributed by atoms with Crippen molar-refractivity contribution in [1.82, 2.24) is 14.9 Å². The number of para-hydroxylation sites is 1. The molecule has 1 amide bonds. The number of amides is 1. The van der Waals surface area contributed by atoms with Crippen LogP contribution < -0.4 is 20.3 Å². The average Bonchev–Trinajstić information content (AvgIpc) is 3.47. The van der Waals surface area contributed by atoms with Gasteiger partial charge in [0.1, 0.15) is 5.75 Å². The van der Waals surface area contributed by atoms with E-state index in [1.165, 1.54) is 11.3 Å². The van der Waals surface area contributed by atoms with Crippen molar-refractivity contribution in [2.45, 2.75) is 60.0 Å². The topological polar surface area (TPSA) is 71.4 Å². The molecule has 2 atom stereocenters. The van der Waals surface area contributed by atoms with Gasteiger partial charge in [0.25, 0.3) is 0 Å². The van der Waals surface area contributed by atoms with E-state index >= 15 is 0 Å². The molecule has 1 aliphatic heterocycles. The third-order valence-electron chi connectivity index (χ3n) is 7.89. The van der Waals surface area contributed by atoms with E-state index in [0.29, 0.717) is 16.5 Å². The second-order valence-corrected chi connectivity index (χ2v) is 12.1. The van der Waals surface area contributed by atoms with Crippen molar-refractivity contribution < 1.29 is 9.53 Å². The first kappa shape index (κ1) is 29.3. The number of carbonyl (C=O) groups is 1. The number of carbonyl (C=O) groups excluding carboxylic acids is 1. The number of rotatable bonds is 7. The highest BCUT2D eigenvalue weighted by molar-refractivity contribution is 7.80. The van der Waals surface area contributed by atoms with Gasteiger partial charge in [-0.05, 0) is 80.0 Å². The maximum Gasteiger partial charge on any atom is 0.229 e. The fourth-order valence-corrected chi connectivity index (χ4v) is 6.02. The molecule has 218 valence electrons. The van der Waals surface area contributed by atoms with Crippen LogP contribution in [0.4, 0.5) is 11.4 Å². The lowest BCUT2D eigenvalue weighted by atomic mass is 9.95. The van der Waals surface area contributed by atoms with Gasteiger partial charge in [-0.25, -0.2) is 0 Å². The lowest BCUT2D eigenvalue weighted by molar-refractivity contribution is -0.123. The Labute approximate surface area is 253 Å². The van der Waals surface area contributed by atoms with Crippen molar-refractivity contribution in [3.63, 3.8) is 0 Å². The molecule has 42 heavy (non-hydrogen) atoms. The van der Waals surface area contributed by atoms with Crippen LogP contribution in [0.2, 0.25) is 0 Å². The first-order chi connectivity index (χ1) is 20.0. The lowest BCUT2D eigenvalue weighted by Crippen LogP contribution is -2.30. The van der Waals surface area contributed by atoms with E-state index in [2.05, 4.69) is 71.2 Å². The summed E-state index contributed by atoms with van der Waals surface area (Å²) in [6.07, 6.45) is 2.76. The molecule has 7 nitrogen and oxygen atoms in total. The molecule has 1 fully saturated rings. The summed E-state index contributed by atoms with van der Waals surface area (Å²) in [5, 5.41) is 7.18. The number of pyridine rings is 1. The number of benzene rings is 2. The molecular formula is C34H39N5O2S. The maximum absolute atomic E-state index is 12.7. The van der Waals surface area contributed by atoms with E-state index in [4.69, 9.17) is 21.9 Å². The molecule has 0 radical (unpaired) electrons. The Morgan fingerprint density at radius 2 is 1.81 bits per heavy atom. The van der Waals surface area contributed by atoms with Crippen LogP contribution in [0.1, 0.15) is 68.0 Å². The quantitative estimate of drug-likeness (QED) is 0.225. The number of nitrogens with one attached hydrogen (secondary N) is 2. The molecule has 5 rings (SSSR count). The number of thiocarbonyl (C=S) groups is 1. The molecule has 1 saturated heterocycles. The lowest BCUT2D eigenvalue weighted by Gasteiger charge is -2.29. The molecule has 1 aliphatic rings. The highest BCUT2D eigenvalue weighted by Gasteiger charge is 2.42. The number of methoxy groups -OCH3 is 1. The zero-order chi connectivity index (χ0) is 30.2. The van der Waals surface area contributed by atoms with Gasteiger partial charge in [-0.3, -0.25) is 9.78 Å². The van der Waals surface area contributed by atoms with Crippen molar-refractivity contribution in [2.75, 3.05) is 17.3 Å². The van der Waals surface area contributed by atoms with E-state index in [0.717, 1.165) is 34.8 Å². The van der Waals surface area contributed by atoms with Crippen LogP contribution in [0.25, 0.3) is 5.69 Å². The normalized spacial score (nSPS) is 16.8. The highest BCUT2D eigenvalue weighted by atomic mass is 32.1. The molecule has 2 N–H and O–H groups in total. The van der Waals surface area contributed by atoms with Gasteiger partial charge < -0.3 is 24.8 Å². The SMILES string of the molecule is CCc1ccccc1-n1c(C)cc([C@H]2[C@@H](c3ccccn3)NC(=S)N2c2ccc(NC(=O)C(C)(C)C)c(OC)c2)c1C. The molecule has 2 aromatic heterocycles. The number of ether oxygens (including phenoxy) is 1. The smallest absolute Gasteiger partial charge is 0.229 e. The predicted octanol–water partition coefficient (Wildman–Crippen LogP) is 7.22. The fourth-order valence-electron chi connectivity index (χ4n) is 5.68. The van der Waals surface area contributed by atoms with Gasteiger partial charge in [-0.2, -0.15) is 0 Å². The number of nitrogens with zero attached hydrogens (tertiary/aromatic N) is 3. The Morgan fingerprint density at radius 1 is 1.07 bits per heavy atom. The van der Waals surface area contributed by atoms with Crippen LogP contribution in [0, 0.1) is 19.3 Å². The zero-order valence-corrected chi connectivity index (χ0v) is 26.2. The first-order valence-electron chi connectivity index (χ1n) is 14.3. The summed E-state index contributed by atoms with van der Waals surface area (Å²) in [4.78, 5) is 19.6. The van der Waals surface area contributed by atoms with Crippen LogP contribution in [-0.2, 0) is 11.2 Å². The van der Waals surface area contributed by atoms with Crippen LogP contribution in [0.3, 0.4) is 0 Å². The van der Waals surface area contributed by atoms with E-state index < -0.39 is 5.41 Å². The minimum absolute atomic E-state index is 0.0835. The molecule has 0 spiro atoms. The van der Waals surface area contributed by atoms with Gasteiger partial charge in [0.05, 0.1) is 30.6 Å². The van der Waals surface area contributed by atoms with Crippen molar-refractivity contribution in [3.8, 4) is 11.4 Å². The largest absolute Gasteiger partial charge is 0.494 e. The molecule has 0 unspecified atom stereocenters. The zero-order valence-electron chi connectivity index (χ0n) is 25.4. The van der Waals surface area contributed by atoms with Crippen molar-refractivity contribution in [2.24, 2.45) is 5.41 Å². The van der Waals surface area contributed by atoms with E-state index in [1.54, 1.807) is 7.11 Å². The molecule has 4 aromatic rings. The molecule has 0 saturated carbocycles. The Hall–Kier alpha value is -4.17. The summed E-state index contributed by atoms with van der Waals surface area (Å²) < 4.78 is 8.10. The van der Waals surface area contributed by atoms with Gasteiger partial charge in [-0.1, -0.05) is 52.0 Å². The number of hydrogen-bond acceptors (Lipinski definition) is 4. The standard InChI is InChI=1S/C34H39N5O2S/c1-8-23-13-9-10-15-28(23)38-21(2)19-25(22(38)3)31-30(27-14-11-12-18-35-27)37-33(42)39(31)24-16-17-26(29(20-24)41-7)36-32(40)34(4,5)6/h9-20,30-31H,8H2,1-7H3,(H,36,40)(H,37,42)/t30-,31+/m1/s1.